The molecule has 0 spiro atoms. The maximum absolute atomic E-state index is 12.4. The third kappa shape index (κ3) is 21.0. The average Bonchev–Trinajstić information content (AvgIpc) is 2.82. The predicted molar refractivity (Wildman–Crippen MR) is 146 cm³/mol. The van der Waals surface area contributed by atoms with Crippen molar-refractivity contribution >= 4 is 17.9 Å². The monoisotopic (exact) mass is 530 g/mol. The highest BCUT2D eigenvalue weighted by Gasteiger charge is 2.31. The van der Waals surface area contributed by atoms with Crippen molar-refractivity contribution in [2.24, 2.45) is 0 Å². The van der Waals surface area contributed by atoms with Crippen molar-refractivity contribution in [2.75, 3.05) is 41.0 Å². The van der Waals surface area contributed by atoms with Crippen molar-refractivity contribution in [2.45, 2.75) is 129 Å². The molecule has 1 N–H and O–H groups in total. The Morgan fingerprint density at radius 3 is 1.68 bits per heavy atom. The molecule has 0 saturated heterocycles. The Bertz CT molecular complexity index is 604. The van der Waals surface area contributed by atoms with Gasteiger partial charge in [-0.2, -0.15) is 0 Å². The van der Waals surface area contributed by atoms with Crippen molar-refractivity contribution in [3.05, 3.63) is 0 Å². The lowest BCUT2D eigenvalue weighted by atomic mass is 10.1. The maximum atomic E-state index is 12.4. The van der Waals surface area contributed by atoms with Crippen LogP contribution in [0.15, 0.2) is 0 Å². The van der Waals surface area contributed by atoms with Gasteiger partial charge in [0.15, 0.2) is 12.1 Å². The van der Waals surface area contributed by atoms with Gasteiger partial charge in [0.1, 0.15) is 6.61 Å². The average molecular weight is 531 g/mol. The molecule has 0 heterocycles. The summed E-state index contributed by atoms with van der Waals surface area (Å²) in [6.07, 6.45) is 14.6. The largest absolute Gasteiger partial charge is 0.477 e. The van der Waals surface area contributed by atoms with Gasteiger partial charge in [-0.15, -0.1) is 0 Å². The normalized spacial score (nSPS) is 13.2. The first kappa shape index (κ1) is 35.3. The second-order valence-corrected chi connectivity index (χ2v) is 11.0. The molecule has 0 aromatic heterocycles. The molecule has 0 amide bonds. The van der Waals surface area contributed by atoms with Crippen LogP contribution in [-0.4, -0.2) is 80.6 Å². The van der Waals surface area contributed by atoms with E-state index < -0.39 is 18.1 Å². The van der Waals surface area contributed by atoms with E-state index in [0.717, 1.165) is 38.5 Å². The van der Waals surface area contributed by atoms with Crippen LogP contribution < -0.4 is 0 Å². The number of ether oxygens (including phenoxy) is 3. The summed E-state index contributed by atoms with van der Waals surface area (Å²) in [4.78, 5) is 36.1. The van der Waals surface area contributed by atoms with Crippen LogP contribution in [0.25, 0.3) is 0 Å². The van der Waals surface area contributed by atoms with E-state index in [4.69, 9.17) is 14.2 Å². The summed E-state index contributed by atoms with van der Waals surface area (Å²) in [7, 11) is 5.49. The number of nitrogens with zero attached hydrogens (tertiary/aromatic N) is 1. The Morgan fingerprint density at radius 1 is 0.703 bits per heavy atom. The standard InChI is InChI=1S/C29H55NO7/c1-6-8-10-12-14-16-18-20-28(32)37-25(23-35-22-21-26(29(33)34)30(3,4)5)24-36-27(31)19-17-15-13-11-9-7-2/h25-26H,6-24H2,1-5H3/p+1. The number of carbonyl (C=O) groups is 3. The van der Waals surface area contributed by atoms with Gasteiger partial charge in [-0.1, -0.05) is 84.5 Å². The zero-order valence-corrected chi connectivity index (χ0v) is 24.4. The molecule has 0 saturated carbocycles. The van der Waals surface area contributed by atoms with Crippen molar-refractivity contribution < 1.29 is 38.2 Å². The molecule has 2 unspecified atom stereocenters. The van der Waals surface area contributed by atoms with Crippen LogP contribution in [0.2, 0.25) is 0 Å². The highest BCUT2D eigenvalue weighted by atomic mass is 16.6. The first-order valence-corrected chi connectivity index (χ1v) is 14.6. The zero-order valence-electron chi connectivity index (χ0n) is 24.4. The van der Waals surface area contributed by atoms with Gasteiger partial charge in [0, 0.05) is 19.3 Å². The Balaban J connectivity index is 4.55. The van der Waals surface area contributed by atoms with E-state index in [1.165, 1.54) is 44.9 Å². The second-order valence-electron chi connectivity index (χ2n) is 11.0. The van der Waals surface area contributed by atoms with Crippen LogP contribution in [0, 0.1) is 0 Å². The van der Waals surface area contributed by atoms with E-state index in [-0.39, 0.29) is 36.2 Å². The van der Waals surface area contributed by atoms with Crippen molar-refractivity contribution in [1.29, 1.82) is 0 Å². The molecule has 8 nitrogen and oxygen atoms in total. The summed E-state index contributed by atoms with van der Waals surface area (Å²) < 4.78 is 16.9. The van der Waals surface area contributed by atoms with Crippen molar-refractivity contribution in [3.8, 4) is 0 Å². The fourth-order valence-electron chi connectivity index (χ4n) is 4.15. The number of quaternary nitrogens is 1. The lowest BCUT2D eigenvalue weighted by Gasteiger charge is -2.31. The fourth-order valence-corrected chi connectivity index (χ4v) is 4.15. The molecule has 218 valence electrons. The van der Waals surface area contributed by atoms with Crippen LogP contribution in [-0.2, 0) is 28.6 Å². The number of rotatable bonds is 25. The van der Waals surface area contributed by atoms with Gasteiger partial charge < -0.3 is 23.8 Å². The van der Waals surface area contributed by atoms with Gasteiger partial charge >= 0.3 is 17.9 Å². The first-order valence-electron chi connectivity index (χ1n) is 14.6. The van der Waals surface area contributed by atoms with Crippen molar-refractivity contribution in [3.63, 3.8) is 0 Å². The summed E-state index contributed by atoms with van der Waals surface area (Å²) >= 11 is 0. The number of carboxylic acids is 1. The Morgan fingerprint density at radius 2 is 1.19 bits per heavy atom. The number of hydrogen-bond acceptors (Lipinski definition) is 6. The van der Waals surface area contributed by atoms with Gasteiger partial charge in [0.05, 0.1) is 34.4 Å². The van der Waals surface area contributed by atoms with Gasteiger partial charge in [0.25, 0.3) is 0 Å². The Labute approximate surface area is 226 Å². The molecule has 0 radical (unpaired) electrons. The van der Waals surface area contributed by atoms with E-state index >= 15 is 0 Å². The van der Waals surface area contributed by atoms with E-state index in [9.17, 15) is 19.5 Å². The molecule has 0 rings (SSSR count). The number of esters is 2. The molecule has 0 fully saturated rings. The van der Waals surface area contributed by atoms with E-state index in [1.807, 2.05) is 21.1 Å². The molecule has 8 heteroatoms. The third-order valence-corrected chi connectivity index (χ3v) is 6.51. The first-order chi connectivity index (χ1) is 17.6. The smallest absolute Gasteiger partial charge is 0.362 e. The third-order valence-electron chi connectivity index (χ3n) is 6.51. The van der Waals surface area contributed by atoms with E-state index in [1.54, 1.807) is 0 Å². The van der Waals surface area contributed by atoms with Gasteiger partial charge in [-0.05, 0) is 12.8 Å². The molecule has 37 heavy (non-hydrogen) atoms. The molecule has 0 aliphatic carbocycles. The van der Waals surface area contributed by atoms with E-state index in [2.05, 4.69) is 13.8 Å². The number of carboxylic acid groups (broad SMARTS) is 1. The molecule has 0 bridgehead atoms. The molecule has 0 aromatic carbocycles. The quantitative estimate of drug-likeness (QED) is 0.0891. The topological polar surface area (TPSA) is 99.1 Å². The molecule has 2 atom stereocenters. The van der Waals surface area contributed by atoms with Crippen LogP contribution in [0.5, 0.6) is 0 Å². The zero-order chi connectivity index (χ0) is 27.9. The number of likely N-dealkylation sites (N-methyl/N-ethyl adjacent to an activating group) is 1. The summed E-state index contributed by atoms with van der Waals surface area (Å²) in [5.74, 6) is -1.49. The molecular formula is C29H56NO7+. The lowest BCUT2D eigenvalue weighted by molar-refractivity contribution is -0.887. The molecular weight excluding hydrogens is 474 g/mol. The molecule has 0 aliphatic rings. The number of carbonyl (C=O) groups excluding carboxylic acids is 2. The highest BCUT2D eigenvalue weighted by Crippen LogP contribution is 2.12. The van der Waals surface area contributed by atoms with Crippen LogP contribution in [0.1, 0.15) is 117 Å². The minimum Gasteiger partial charge on any atom is -0.477 e. The van der Waals surface area contributed by atoms with Gasteiger partial charge in [0.2, 0.25) is 0 Å². The molecule has 0 aromatic rings. The van der Waals surface area contributed by atoms with Crippen LogP contribution in [0.3, 0.4) is 0 Å². The van der Waals surface area contributed by atoms with Crippen LogP contribution in [0.4, 0.5) is 0 Å². The predicted octanol–water partition coefficient (Wildman–Crippen LogP) is 5.90. The second kappa shape index (κ2) is 22.3. The SMILES string of the molecule is CCCCCCCCCC(=O)OC(COCCC(C(=O)O)[N+](C)(C)C)COC(=O)CCCCCCCC. The summed E-state index contributed by atoms with van der Waals surface area (Å²) in [6, 6.07) is -0.603. The molecule has 0 aliphatic heterocycles. The summed E-state index contributed by atoms with van der Waals surface area (Å²) in [5, 5.41) is 9.48. The van der Waals surface area contributed by atoms with Gasteiger partial charge in [-0.25, -0.2) is 4.79 Å². The maximum Gasteiger partial charge on any atom is 0.362 e. The highest BCUT2D eigenvalue weighted by molar-refractivity contribution is 5.72. The summed E-state index contributed by atoms with van der Waals surface area (Å²) in [6.45, 7) is 4.60. The number of aliphatic carboxylic acids is 1. The minimum atomic E-state index is -0.877. The van der Waals surface area contributed by atoms with E-state index in [0.29, 0.717) is 19.3 Å². The Hall–Kier alpha value is -1.67. The fraction of sp³-hybridized carbons (Fsp3) is 0.897. The minimum absolute atomic E-state index is 0.0465. The summed E-state index contributed by atoms with van der Waals surface area (Å²) in [5.41, 5.74) is 0. The van der Waals surface area contributed by atoms with Gasteiger partial charge in [-0.3, -0.25) is 9.59 Å². The number of hydrogen-bond donors (Lipinski definition) is 1. The number of unbranched alkanes of at least 4 members (excludes halogenated alkanes) is 11. The Kier molecular flexibility index (Phi) is 21.3. The van der Waals surface area contributed by atoms with Crippen LogP contribution >= 0.6 is 0 Å². The lowest BCUT2D eigenvalue weighted by Crippen LogP contribution is -2.50. The van der Waals surface area contributed by atoms with Crippen molar-refractivity contribution in [1.82, 2.24) is 0 Å².